The summed E-state index contributed by atoms with van der Waals surface area (Å²) in [6.45, 7) is 0.593. The number of fused-ring (bicyclic) bond motifs is 1. The van der Waals surface area contributed by atoms with Gasteiger partial charge in [0.15, 0.2) is 0 Å². The van der Waals surface area contributed by atoms with Gasteiger partial charge in [0, 0.05) is 60.8 Å². The van der Waals surface area contributed by atoms with Crippen molar-refractivity contribution in [3.8, 4) is 17.6 Å². The van der Waals surface area contributed by atoms with E-state index >= 15 is 0 Å². The first-order valence-electron chi connectivity index (χ1n) is 11.2. The fourth-order valence-electron chi connectivity index (χ4n) is 4.07. The number of carbonyl (C=O) groups excluding carboxylic acids is 1. The van der Waals surface area contributed by atoms with Crippen LogP contribution in [-0.4, -0.2) is 34.2 Å². The molecular weight excluding hydrogens is 442 g/mol. The Hall–Kier alpha value is -4.51. The molecule has 1 atom stereocenters. The van der Waals surface area contributed by atoms with E-state index < -0.39 is 6.04 Å². The number of para-hydroxylation sites is 1. The minimum Gasteiger partial charge on any atom is -0.497 e. The SMILES string of the molecule is COc1cc(OC)cc(C(NC(=O)/C=C/c2cn(CCC#N)c3ccccc23)c2nccn2C)c1. The first-order chi connectivity index (χ1) is 17.0. The van der Waals surface area contributed by atoms with Crippen molar-refractivity contribution >= 4 is 22.9 Å². The van der Waals surface area contributed by atoms with Gasteiger partial charge >= 0.3 is 0 Å². The first-order valence-corrected chi connectivity index (χ1v) is 11.2. The summed E-state index contributed by atoms with van der Waals surface area (Å²) in [7, 11) is 5.05. The number of methoxy groups -OCH3 is 2. The number of hydrogen-bond donors (Lipinski definition) is 1. The van der Waals surface area contributed by atoms with E-state index in [1.54, 1.807) is 32.6 Å². The zero-order chi connectivity index (χ0) is 24.8. The van der Waals surface area contributed by atoms with Crippen LogP contribution in [0.1, 0.15) is 29.4 Å². The van der Waals surface area contributed by atoms with Gasteiger partial charge in [-0.05, 0) is 29.8 Å². The molecule has 0 aliphatic rings. The van der Waals surface area contributed by atoms with Crippen molar-refractivity contribution < 1.29 is 14.3 Å². The second kappa shape index (κ2) is 10.6. The van der Waals surface area contributed by atoms with Gasteiger partial charge in [-0.1, -0.05) is 18.2 Å². The fourth-order valence-corrected chi connectivity index (χ4v) is 4.07. The molecule has 2 aromatic heterocycles. The van der Waals surface area contributed by atoms with E-state index in [4.69, 9.17) is 14.7 Å². The van der Waals surface area contributed by atoms with E-state index in [1.165, 1.54) is 6.08 Å². The number of nitrogens with zero attached hydrogens (tertiary/aromatic N) is 4. The minimum atomic E-state index is -0.520. The number of nitriles is 1. The number of carbonyl (C=O) groups is 1. The zero-order valence-corrected chi connectivity index (χ0v) is 19.9. The van der Waals surface area contributed by atoms with Crippen LogP contribution in [0.15, 0.2) is 67.1 Å². The summed E-state index contributed by atoms with van der Waals surface area (Å²) in [5.74, 6) is 1.64. The van der Waals surface area contributed by atoms with Crippen LogP contribution in [0.4, 0.5) is 0 Å². The Labute approximate surface area is 204 Å². The smallest absolute Gasteiger partial charge is 0.244 e. The molecule has 4 aromatic rings. The molecule has 0 bridgehead atoms. The summed E-state index contributed by atoms with van der Waals surface area (Å²) >= 11 is 0. The summed E-state index contributed by atoms with van der Waals surface area (Å²) in [5, 5.41) is 13.1. The van der Waals surface area contributed by atoms with Crippen LogP contribution in [0.25, 0.3) is 17.0 Å². The van der Waals surface area contributed by atoms with Crippen molar-refractivity contribution in [1.82, 2.24) is 19.4 Å². The summed E-state index contributed by atoms with van der Waals surface area (Å²) < 4.78 is 14.7. The summed E-state index contributed by atoms with van der Waals surface area (Å²) in [6.07, 6.45) is 9.22. The van der Waals surface area contributed by atoms with Crippen LogP contribution in [0.3, 0.4) is 0 Å². The van der Waals surface area contributed by atoms with E-state index in [2.05, 4.69) is 16.4 Å². The number of aryl methyl sites for hydroxylation is 2. The molecule has 0 radical (unpaired) electrons. The van der Waals surface area contributed by atoms with Gasteiger partial charge in [-0.2, -0.15) is 5.26 Å². The quantitative estimate of drug-likeness (QED) is 0.370. The molecule has 2 heterocycles. The Balaban J connectivity index is 1.64. The molecule has 1 unspecified atom stereocenters. The largest absolute Gasteiger partial charge is 0.497 e. The monoisotopic (exact) mass is 469 g/mol. The second-order valence-electron chi connectivity index (χ2n) is 8.02. The molecule has 0 spiro atoms. The van der Waals surface area contributed by atoms with Crippen LogP contribution in [0, 0.1) is 11.3 Å². The lowest BCUT2D eigenvalue weighted by Crippen LogP contribution is -2.29. The van der Waals surface area contributed by atoms with Crippen molar-refractivity contribution in [1.29, 1.82) is 5.26 Å². The standard InChI is InChI=1S/C27H27N5O3/c1-31-14-12-29-27(31)26(20-15-21(34-2)17-22(16-20)35-3)30-25(33)10-9-19-18-32(13-6-11-28)24-8-5-4-7-23(19)24/h4-5,7-10,12,14-18,26H,6,13H2,1-3H3,(H,30,33)/b10-9+. The van der Waals surface area contributed by atoms with Gasteiger partial charge < -0.3 is 23.9 Å². The number of amides is 1. The topological polar surface area (TPSA) is 94.1 Å². The molecule has 0 aliphatic carbocycles. The van der Waals surface area contributed by atoms with Crippen LogP contribution < -0.4 is 14.8 Å². The number of nitrogens with one attached hydrogen (secondary N) is 1. The number of ether oxygens (including phenoxy) is 2. The lowest BCUT2D eigenvalue weighted by molar-refractivity contribution is -0.117. The Morgan fingerprint density at radius 2 is 1.94 bits per heavy atom. The molecule has 1 N–H and O–H groups in total. The zero-order valence-electron chi connectivity index (χ0n) is 19.9. The molecular formula is C27H27N5O3. The highest BCUT2D eigenvalue weighted by atomic mass is 16.5. The van der Waals surface area contributed by atoms with Gasteiger partial charge in [-0.3, -0.25) is 4.79 Å². The van der Waals surface area contributed by atoms with Gasteiger partial charge in [0.1, 0.15) is 23.4 Å². The average molecular weight is 470 g/mol. The summed E-state index contributed by atoms with van der Waals surface area (Å²) in [4.78, 5) is 17.5. The highest BCUT2D eigenvalue weighted by molar-refractivity contribution is 5.96. The van der Waals surface area contributed by atoms with Gasteiger partial charge in [0.05, 0.1) is 26.7 Å². The predicted molar refractivity (Wildman–Crippen MR) is 134 cm³/mol. The van der Waals surface area contributed by atoms with E-state index in [9.17, 15) is 4.79 Å². The van der Waals surface area contributed by atoms with Crippen LogP contribution in [0.5, 0.6) is 11.5 Å². The van der Waals surface area contributed by atoms with Gasteiger partial charge in [0.2, 0.25) is 5.91 Å². The molecule has 8 heteroatoms. The molecule has 2 aromatic carbocycles. The third-order valence-corrected chi connectivity index (χ3v) is 5.81. The minimum absolute atomic E-state index is 0.270. The molecule has 35 heavy (non-hydrogen) atoms. The van der Waals surface area contributed by atoms with Crippen molar-refractivity contribution in [3.05, 3.63) is 84.1 Å². The van der Waals surface area contributed by atoms with E-state index in [-0.39, 0.29) is 5.91 Å². The maximum absolute atomic E-state index is 13.1. The Bertz CT molecular complexity index is 1390. The van der Waals surface area contributed by atoms with Crippen molar-refractivity contribution in [3.63, 3.8) is 0 Å². The molecule has 4 rings (SSSR count). The third kappa shape index (κ3) is 5.20. The molecule has 1 amide bonds. The Morgan fingerprint density at radius 1 is 1.20 bits per heavy atom. The van der Waals surface area contributed by atoms with Crippen molar-refractivity contribution in [2.24, 2.45) is 7.05 Å². The number of benzene rings is 2. The number of rotatable bonds is 9. The highest BCUT2D eigenvalue weighted by Gasteiger charge is 2.22. The molecule has 178 valence electrons. The number of aromatic nitrogens is 3. The van der Waals surface area contributed by atoms with E-state index in [1.807, 2.05) is 65.0 Å². The summed E-state index contributed by atoms with van der Waals surface area (Å²) in [6, 6.07) is 15.1. The molecule has 0 saturated carbocycles. The highest BCUT2D eigenvalue weighted by Crippen LogP contribution is 2.29. The van der Waals surface area contributed by atoms with Crippen molar-refractivity contribution in [2.45, 2.75) is 19.0 Å². The Morgan fingerprint density at radius 3 is 2.60 bits per heavy atom. The lowest BCUT2D eigenvalue weighted by Gasteiger charge is -2.20. The third-order valence-electron chi connectivity index (χ3n) is 5.81. The predicted octanol–water partition coefficient (Wildman–Crippen LogP) is 4.22. The first kappa shape index (κ1) is 23.6. The normalized spacial score (nSPS) is 11.9. The summed E-state index contributed by atoms with van der Waals surface area (Å²) in [5.41, 5.74) is 2.72. The lowest BCUT2D eigenvalue weighted by atomic mass is 10.0. The number of imidazole rings is 1. The van der Waals surface area contributed by atoms with Crippen molar-refractivity contribution in [2.75, 3.05) is 14.2 Å². The van der Waals surface area contributed by atoms with Crippen LogP contribution >= 0.6 is 0 Å². The molecule has 0 fully saturated rings. The maximum Gasteiger partial charge on any atom is 0.244 e. The molecule has 8 nitrogen and oxygen atoms in total. The maximum atomic E-state index is 13.1. The van der Waals surface area contributed by atoms with Crippen LogP contribution in [0.2, 0.25) is 0 Å². The van der Waals surface area contributed by atoms with Gasteiger partial charge in [-0.25, -0.2) is 4.98 Å². The average Bonchev–Trinajstić information content (AvgIpc) is 3.47. The van der Waals surface area contributed by atoms with Crippen LogP contribution in [-0.2, 0) is 18.4 Å². The molecule has 0 saturated heterocycles. The fraction of sp³-hybridized carbons (Fsp3) is 0.222. The van der Waals surface area contributed by atoms with E-state index in [0.29, 0.717) is 30.3 Å². The molecule has 0 aliphatic heterocycles. The van der Waals surface area contributed by atoms with Gasteiger partial charge in [0.25, 0.3) is 0 Å². The Kier molecular flexibility index (Phi) is 7.17. The van der Waals surface area contributed by atoms with E-state index in [0.717, 1.165) is 22.0 Å². The van der Waals surface area contributed by atoms with Gasteiger partial charge in [-0.15, -0.1) is 0 Å². The second-order valence-corrected chi connectivity index (χ2v) is 8.02. The number of hydrogen-bond acceptors (Lipinski definition) is 5.